The molecule has 1 unspecified atom stereocenters. The minimum atomic E-state index is -3.44. The molecule has 4 aromatic rings. The van der Waals surface area contributed by atoms with Crippen LogP contribution >= 0.6 is 0 Å². The largest absolute Gasteiger partial charge is 0.346 e. The highest BCUT2D eigenvalue weighted by atomic mass is 32.3. The van der Waals surface area contributed by atoms with E-state index in [1.165, 1.54) is 0 Å². The molecule has 0 saturated heterocycles. The summed E-state index contributed by atoms with van der Waals surface area (Å²) in [5, 5.41) is 4.28. The molecule has 154 valence electrons. The Morgan fingerprint density at radius 1 is 1.07 bits per heavy atom. The predicted molar refractivity (Wildman–Crippen MR) is 118 cm³/mol. The first-order valence-corrected chi connectivity index (χ1v) is 11.1. The minimum Gasteiger partial charge on any atom is -0.332 e. The average molecular weight is 423 g/mol. The van der Waals surface area contributed by atoms with Crippen LogP contribution in [0.1, 0.15) is 17.0 Å². The van der Waals surface area contributed by atoms with Crippen molar-refractivity contribution in [3.05, 3.63) is 84.1 Å². The Bertz CT molecular complexity index is 1210. The Labute approximate surface area is 176 Å². The summed E-state index contributed by atoms with van der Waals surface area (Å²) in [6.45, 7) is 4.29. The van der Waals surface area contributed by atoms with Gasteiger partial charge < -0.3 is 4.57 Å². The highest BCUT2D eigenvalue weighted by Crippen LogP contribution is 2.26. The van der Waals surface area contributed by atoms with E-state index < -0.39 is 10.4 Å². The molecule has 1 atom stereocenters. The monoisotopic (exact) mass is 422 g/mol. The number of hydrogen-bond acceptors (Lipinski definition) is 3. The lowest BCUT2D eigenvalue weighted by atomic mass is 10.2. The molecular formula is C22H24N5O2S+. The molecule has 2 aromatic heterocycles. The van der Waals surface area contributed by atoms with Crippen molar-refractivity contribution in [2.45, 2.75) is 25.3 Å². The average Bonchev–Trinajstić information content (AvgIpc) is 3.29. The Morgan fingerprint density at radius 3 is 2.40 bits per heavy atom. The number of benzene rings is 2. The van der Waals surface area contributed by atoms with E-state index in [-0.39, 0.29) is 0 Å². The van der Waals surface area contributed by atoms with Crippen molar-refractivity contribution >= 4 is 16.1 Å². The molecule has 4 rings (SSSR count). The summed E-state index contributed by atoms with van der Waals surface area (Å²) in [4.78, 5) is 4.79. The van der Waals surface area contributed by atoms with Crippen molar-refractivity contribution in [2.75, 3.05) is 4.72 Å². The van der Waals surface area contributed by atoms with Crippen molar-refractivity contribution in [1.29, 1.82) is 0 Å². The normalized spacial score (nSPS) is 13.2. The lowest BCUT2D eigenvalue weighted by molar-refractivity contribution is 0.502. The Kier molecular flexibility index (Phi) is 5.27. The van der Waals surface area contributed by atoms with Crippen LogP contribution < -0.4 is 4.72 Å². The molecule has 0 fully saturated rings. The maximum Gasteiger partial charge on any atom is 0.346 e. The molecule has 0 saturated carbocycles. The van der Waals surface area contributed by atoms with Crippen LogP contribution in [0.15, 0.2) is 72.0 Å². The molecule has 0 spiro atoms. The predicted octanol–water partition coefficient (Wildman–Crippen LogP) is 4.31. The van der Waals surface area contributed by atoms with Crippen LogP contribution in [-0.4, -0.2) is 23.9 Å². The van der Waals surface area contributed by atoms with Crippen molar-refractivity contribution in [3.8, 4) is 11.3 Å². The molecule has 7 nitrogen and oxygen atoms in total. The molecule has 30 heavy (non-hydrogen) atoms. The Balaban J connectivity index is 1.49. The van der Waals surface area contributed by atoms with Gasteiger partial charge in [-0.2, -0.15) is 14.4 Å². The van der Waals surface area contributed by atoms with Crippen molar-refractivity contribution < 1.29 is 8.76 Å². The van der Waals surface area contributed by atoms with Gasteiger partial charge in [0.1, 0.15) is 5.69 Å². The molecular weight excluding hydrogens is 398 g/mol. The smallest absolute Gasteiger partial charge is 0.332 e. The van der Waals surface area contributed by atoms with Gasteiger partial charge in [-0.05, 0) is 35.8 Å². The van der Waals surface area contributed by atoms with Crippen LogP contribution in [-0.2, 0) is 28.2 Å². The van der Waals surface area contributed by atoms with E-state index in [1.807, 2.05) is 67.1 Å². The molecule has 0 amide bonds. The van der Waals surface area contributed by atoms with Crippen molar-refractivity contribution in [2.24, 2.45) is 7.05 Å². The van der Waals surface area contributed by atoms with Crippen molar-refractivity contribution in [3.63, 3.8) is 0 Å². The van der Waals surface area contributed by atoms with Crippen molar-refractivity contribution in [1.82, 2.24) is 19.3 Å². The topological polar surface area (TPSA) is 85.0 Å². The van der Waals surface area contributed by atoms with E-state index in [4.69, 9.17) is 0 Å². The zero-order chi connectivity index (χ0) is 21.3. The van der Waals surface area contributed by atoms with E-state index in [2.05, 4.69) is 14.8 Å². The summed E-state index contributed by atoms with van der Waals surface area (Å²) in [7, 11) is -1.63. The summed E-state index contributed by atoms with van der Waals surface area (Å²) in [5.41, 5.74) is 5.07. The van der Waals surface area contributed by atoms with Crippen LogP contribution in [0.5, 0.6) is 0 Å². The van der Waals surface area contributed by atoms with Gasteiger partial charge in [-0.15, -0.1) is 0 Å². The quantitative estimate of drug-likeness (QED) is 0.454. The van der Waals surface area contributed by atoms with Crippen LogP contribution in [0, 0.1) is 13.8 Å². The van der Waals surface area contributed by atoms with E-state index >= 15 is 0 Å². The van der Waals surface area contributed by atoms with Gasteiger partial charge >= 0.3 is 10.4 Å². The fourth-order valence-electron chi connectivity index (χ4n) is 3.31. The first kappa shape index (κ1) is 20.1. The van der Waals surface area contributed by atoms with E-state index in [1.54, 1.807) is 30.2 Å². The fraction of sp³-hybridized carbons (Fsp3) is 0.182. The van der Waals surface area contributed by atoms with Gasteiger partial charge in [-0.25, -0.2) is 4.98 Å². The summed E-state index contributed by atoms with van der Waals surface area (Å²) in [5.74, 6) is 0. The number of imidazole rings is 1. The third-order valence-electron chi connectivity index (χ3n) is 5.06. The van der Waals surface area contributed by atoms with Gasteiger partial charge in [-0.1, -0.05) is 42.5 Å². The van der Waals surface area contributed by atoms with Crippen LogP contribution in [0.25, 0.3) is 11.3 Å². The van der Waals surface area contributed by atoms with E-state index in [0.29, 0.717) is 22.8 Å². The van der Waals surface area contributed by atoms with Gasteiger partial charge in [0.25, 0.3) is 0 Å². The molecule has 2 aromatic carbocycles. The lowest BCUT2D eigenvalue weighted by Gasteiger charge is -2.08. The van der Waals surface area contributed by atoms with E-state index in [0.717, 1.165) is 22.5 Å². The summed E-state index contributed by atoms with van der Waals surface area (Å²) >= 11 is 0. The molecule has 0 aliphatic rings. The Morgan fingerprint density at radius 2 is 1.77 bits per heavy atom. The number of nitrogens with one attached hydrogen (secondary N) is 1. The van der Waals surface area contributed by atoms with Crippen LogP contribution in [0.3, 0.4) is 0 Å². The summed E-state index contributed by atoms with van der Waals surface area (Å²) < 4.78 is 29.9. The number of aryl methyl sites for hydroxylation is 2. The SMILES string of the molecule is Cc1nn(C)c(C)c1N[S+](=O)(O)c1ccc(Cn2cnc(-c3ccccc3)c2)cc1. The molecule has 2 heterocycles. The summed E-state index contributed by atoms with van der Waals surface area (Å²) in [6, 6.07) is 17.1. The minimum absolute atomic E-state index is 0.324. The third-order valence-corrected chi connectivity index (χ3v) is 6.45. The first-order chi connectivity index (χ1) is 14.3. The molecule has 8 heteroatoms. The number of rotatable bonds is 6. The highest BCUT2D eigenvalue weighted by molar-refractivity contribution is 7.99. The number of nitrogens with zero attached hydrogens (tertiary/aromatic N) is 4. The fourth-order valence-corrected chi connectivity index (χ4v) is 4.51. The van der Waals surface area contributed by atoms with E-state index in [9.17, 15) is 8.76 Å². The van der Waals surface area contributed by atoms with Gasteiger partial charge in [-0.3, -0.25) is 4.68 Å². The maximum atomic E-state index is 12.9. The standard InChI is InChI=1S/C22H23N5O2S/c1-16-22(17(2)26(3)24-16)25-30(28,29)20-11-9-18(10-12-20)13-27-14-21(23-15-27)19-7-5-4-6-8-19/h4-12,14-15H,13H2,1-3H3,(H-,25,28,29)/p+1. The van der Waals surface area contributed by atoms with Gasteiger partial charge in [0.05, 0.1) is 23.4 Å². The number of anilines is 1. The molecule has 0 radical (unpaired) electrons. The first-order valence-electron chi connectivity index (χ1n) is 9.54. The molecule has 0 bridgehead atoms. The zero-order valence-electron chi connectivity index (χ0n) is 17.1. The second-order valence-electron chi connectivity index (χ2n) is 7.24. The van der Waals surface area contributed by atoms with Gasteiger partial charge in [0.2, 0.25) is 4.90 Å². The van der Waals surface area contributed by atoms with Gasteiger partial charge in [0.15, 0.2) is 0 Å². The van der Waals surface area contributed by atoms with Crippen LogP contribution in [0.4, 0.5) is 5.69 Å². The van der Waals surface area contributed by atoms with Gasteiger partial charge in [0, 0.05) is 25.4 Å². The molecule has 2 N–H and O–H groups in total. The molecule has 0 aliphatic heterocycles. The zero-order valence-corrected chi connectivity index (χ0v) is 17.9. The Hall–Kier alpha value is -3.23. The number of hydrogen-bond donors (Lipinski definition) is 2. The van der Waals surface area contributed by atoms with Crippen LogP contribution in [0.2, 0.25) is 0 Å². The maximum absolute atomic E-state index is 12.9. The third kappa shape index (κ3) is 4.05. The second kappa shape index (κ2) is 7.89. The lowest BCUT2D eigenvalue weighted by Crippen LogP contribution is -2.21. The molecule has 0 aliphatic carbocycles. The number of aromatic nitrogens is 4. The second-order valence-corrected chi connectivity index (χ2v) is 8.97. The highest BCUT2D eigenvalue weighted by Gasteiger charge is 2.31. The summed E-state index contributed by atoms with van der Waals surface area (Å²) in [6.07, 6.45) is 3.79.